The number of hydrogen-bond acceptors (Lipinski definition) is 4. The van der Waals surface area contributed by atoms with E-state index in [4.69, 9.17) is 17.3 Å². The van der Waals surface area contributed by atoms with E-state index in [1.54, 1.807) is 0 Å². The summed E-state index contributed by atoms with van der Waals surface area (Å²) in [7, 11) is 0. The first kappa shape index (κ1) is 13.1. The minimum absolute atomic E-state index is 0.430. The van der Waals surface area contributed by atoms with Crippen molar-refractivity contribution >= 4 is 39.2 Å². The van der Waals surface area contributed by atoms with Crippen molar-refractivity contribution in [2.75, 3.05) is 17.6 Å². The van der Waals surface area contributed by atoms with Crippen LogP contribution < -0.4 is 11.1 Å². The van der Waals surface area contributed by atoms with E-state index in [1.165, 1.54) is 11.9 Å². The number of aromatic nitrogens is 2. The van der Waals surface area contributed by atoms with Crippen molar-refractivity contribution in [2.45, 2.75) is 6.42 Å². The van der Waals surface area contributed by atoms with E-state index in [-0.39, 0.29) is 0 Å². The molecule has 0 aliphatic carbocycles. The number of halogens is 2. The summed E-state index contributed by atoms with van der Waals surface area (Å²) in [4.78, 5) is 7.99. The zero-order valence-electron chi connectivity index (χ0n) is 9.53. The first-order valence-electron chi connectivity index (χ1n) is 5.41. The summed E-state index contributed by atoms with van der Waals surface area (Å²) in [5.74, 6) is 1.13. The van der Waals surface area contributed by atoms with Gasteiger partial charge in [-0.15, -0.1) is 0 Å². The number of nitrogens with one attached hydrogen (secondary N) is 1. The van der Waals surface area contributed by atoms with Crippen LogP contribution in [0.4, 0.5) is 11.6 Å². The lowest BCUT2D eigenvalue weighted by Crippen LogP contribution is -2.08. The lowest BCUT2D eigenvalue weighted by molar-refractivity contribution is 0.997. The Balaban J connectivity index is 1.92. The number of anilines is 2. The Hall–Kier alpha value is -1.33. The van der Waals surface area contributed by atoms with Gasteiger partial charge in [-0.05, 0) is 40.0 Å². The molecule has 18 heavy (non-hydrogen) atoms. The van der Waals surface area contributed by atoms with Crippen molar-refractivity contribution in [3.8, 4) is 0 Å². The molecule has 0 radical (unpaired) electrons. The van der Waals surface area contributed by atoms with Crippen molar-refractivity contribution in [3.05, 3.63) is 45.7 Å². The zero-order chi connectivity index (χ0) is 13.0. The monoisotopic (exact) mass is 326 g/mol. The second-order valence-corrected chi connectivity index (χ2v) is 4.95. The highest BCUT2D eigenvalue weighted by molar-refractivity contribution is 9.10. The summed E-state index contributed by atoms with van der Waals surface area (Å²) < 4.78 is 0.695. The summed E-state index contributed by atoms with van der Waals surface area (Å²) in [6.45, 7) is 0.761. The summed E-state index contributed by atoms with van der Waals surface area (Å²) in [6.07, 6.45) is 2.32. The van der Waals surface area contributed by atoms with Crippen LogP contribution in [0.25, 0.3) is 0 Å². The SMILES string of the molecule is Nc1ncnc(NCCc2ccc(Cl)cc2)c1Br. The molecular weight excluding hydrogens is 316 g/mol. The molecule has 3 N–H and O–H groups in total. The molecule has 0 saturated carbocycles. The molecule has 2 aromatic rings. The van der Waals surface area contributed by atoms with Crippen molar-refractivity contribution in [2.24, 2.45) is 0 Å². The van der Waals surface area contributed by atoms with Crippen LogP contribution in [-0.2, 0) is 6.42 Å². The van der Waals surface area contributed by atoms with Gasteiger partial charge in [-0.1, -0.05) is 23.7 Å². The maximum absolute atomic E-state index is 5.83. The molecule has 0 unspecified atom stereocenters. The number of nitrogen functional groups attached to an aromatic ring is 1. The van der Waals surface area contributed by atoms with Gasteiger partial charge in [0, 0.05) is 11.6 Å². The number of hydrogen-bond donors (Lipinski definition) is 2. The number of nitrogens with two attached hydrogens (primary N) is 1. The van der Waals surface area contributed by atoms with Crippen LogP contribution in [0.5, 0.6) is 0 Å². The van der Waals surface area contributed by atoms with Gasteiger partial charge in [-0.3, -0.25) is 0 Å². The quantitative estimate of drug-likeness (QED) is 0.905. The van der Waals surface area contributed by atoms with E-state index in [9.17, 15) is 0 Å². The molecule has 0 aliphatic rings. The summed E-state index contributed by atoms with van der Waals surface area (Å²) >= 11 is 9.17. The van der Waals surface area contributed by atoms with E-state index in [2.05, 4.69) is 31.2 Å². The first-order valence-corrected chi connectivity index (χ1v) is 6.58. The molecule has 1 heterocycles. The Bertz CT molecular complexity index is 530. The Morgan fingerprint density at radius 3 is 2.67 bits per heavy atom. The lowest BCUT2D eigenvalue weighted by atomic mass is 10.1. The van der Waals surface area contributed by atoms with Gasteiger partial charge in [0.15, 0.2) is 0 Å². The van der Waals surface area contributed by atoms with Gasteiger partial charge >= 0.3 is 0 Å². The molecular formula is C12H12BrClN4. The molecule has 4 nitrogen and oxygen atoms in total. The number of nitrogens with zero attached hydrogens (tertiary/aromatic N) is 2. The van der Waals surface area contributed by atoms with E-state index in [1.807, 2.05) is 24.3 Å². The number of benzene rings is 1. The van der Waals surface area contributed by atoms with E-state index in [0.29, 0.717) is 16.1 Å². The van der Waals surface area contributed by atoms with Gasteiger partial charge in [-0.2, -0.15) is 0 Å². The average Bonchev–Trinajstić information content (AvgIpc) is 2.37. The fraction of sp³-hybridized carbons (Fsp3) is 0.167. The van der Waals surface area contributed by atoms with Crippen molar-refractivity contribution in [1.82, 2.24) is 9.97 Å². The van der Waals surface area contributed by atoms with Crippen LogP contribution in [0.15, 0.2) is 35.1 Å². The molecule has 0 spiro atoms. The van der Waals surface area contributed by atoms with E-state index < -0.39 is 0 Å². The largest absolute Gasteiger partial charge is 0.383 e. The van der Waals surface area contributed by atoms with Crippen molar-refractivity contribution in [1.29, 1.82) is 0 Å². The van der Waals surface area contributed by atoms with Crippen LogP contribution >= 0.6 is 27.5 Å². The van der Waals surface area contributed by atoms with Gasteiger partial charge in [-0.25, -0.2) is 9.97 Å². The van der Waals surface area contributed by atoms with Gasteiger partial charge < -0.3 is 11.1 Å². The van der Waals surface area contributed by atoms with E-state index >= 15 is 0 Å². The van der Waals surface area contributed by atoms with Crippen LogP contribution in [0.2, 0.25) is 5.02 Å². The molecule has 0 atom stereocenters. The fourth-order valence-electron chi connectivity index (χ4n) is 1.48. The third kappa shape index (κ3) is 3.34. The molecule has 0 amide bonds. The van der Waals surface area contributed by atoms with Crippen LogP contribution in [0, 0.1) is 0 Å². The lowest BCUT2D eigenvalue weighted by Gasteiger charge is -2.08. The third-order valence-corrected chi connectivity index (χ3v) is 3.47. The third-order valence-electron chi connectivity index (χ3n) is 2.44. The van der Waals surface area contributed by atoms with Gasteiger partial charge in [0.2, 0.25) is 0 Å². The summed E-state index contributed by atoms with van der Waals surface area (Å²) in [5, 5.41) is 3.95. The highest BCUT2D eigenvalue weighted by atomic mass is 79.9. The molecule has 6 heteroatoms. The maximum Gasteiger partial charge on any atom is 0.145 e. The van der Waals surface area contributed by atoms with Gasteiger partial charge in [0.05, 0.1) is 0 Å². The van der Waals surface area contributed by atoms with Crippen LogP contribution in [0.1, 0.15) is 5.56 Å². The Morgan fingerprint density at radius 1 is 1.22 bits per heavy atom. The molecule has 0 fully saturated rings. The average molecular weight is 328 g/mol. The summed E-state index contributed by atoms with van der Waals surface area (Å²) in [6, 6.07) is 7.78. The van der Waals surface area contributed by atoms with Crippen molar-refractivity contribution in [3.63, 3.8) is 0 Å². The van der Waals surface area contributed by atoms with Crippen molar-refractivity contribution < 1.29 is 0 Å². The molecule has 0 saturated heterocycles. The predicted octanol–water partition coefficient (Wildman–Crippen LogP) is 3.13. The zero-order valence-corrected chi connectivity index (χ0v) is 11.9. The highest BCUT2D eigenvalue weighted by Crippen LogP contribution is 2.23. The number of rotatable bonds is 4. The second kappa shape index (κ2) is 6.02. The Morgan fingerprint density at radius 2 is 1.94 bits per heavy atom. The van der Waals surface area contributed by atoms with E-state index in [0.717, 1.165) is 18.0 Å². The normalized spacial score (nSPS) is 10.3. The summed E-state index contributed by atoms with van der Waals surface area (Å²) in [5.41, 5.74) is 6.88. The van der Waals surface area contributed by atoms with Crippen LogP contribution in [-0.4, -0.2) is 16.5 Å². The minimum atomic E-state index is 0.430. The Labute approximate surface area is 119 Å². The molecule has 0 aliphatic heterocycles. The van der Waals surface area contributed by atoms with Crippen LogP contribution in [0.3, 0.4) is 0 Å². The molecule has 0 bridgehead atoms. The first-order chi connectivity index (χ1) is 8.66. The smallest absolute Gasteiger partial charge is 0.145 e. The molecule has 2 rings (SSSR count). The molecule has 1 aromatic heterocycles. The standard InChI is InChI=1S/C12H12BrClN4/c13-10-11(15)17-7-18-12(10)16-6-5-8-1-3-9(14)4-2-8/h1-4,7H,5-6H2,(H3,15,16,17,18). The topological polar surface area (TPSA) is 63.8 Å². The Kier molecular flexibility index (Phi) is 4.38. The highest BCUT2D eigenvalue weighted by Gasteiger charge is 2.04. The predicted molar refractivity (Wildman–Crippen MR) is 77.8 cm³/mol. The van der Waals surface area contributed by atoms with Gasteiger partial charge in [0.1, 0.15) is 22.4 Å². The fourth-order valence-corrected chi connectivity index (χ4v) is 1.95. The maximum atomic E-state index is 5.83. The minimum Gasteiger partial charge on any atom is -0.383 e. The molecule has 1 aromatic carbocycles. The second-order valence-electron chi connectivity index (χ2n) is 3.72. The van der Waals surface area contributed by atoms with Gasteiger partial charge in [0.25, 0.3) is 0 Å². The molecule has 94 valence electrons.